The van der Waals surface area contributed by atoms with Gasteiger partial charge in [0.05, 0.1) is 0 Å². The molecule has 0 aliphatic heterocycles. The van der Waals surface area contributed by atoms with Gasteiger partial charge in [0.1, 0.15) is 12.4 Å². The zero-order valence-corrected chi connectivity index (χ0v) is 10.1. The molecule has 0 unspecified atom stereocenters. The Morgan fingerprint density at radius 3 is 2.69 bits per heavy atom. The van der Waals surface area contributed by atoms with Crippen LogP contribution in [-0.2, 0) is 26.8 Å². The first-order chi connectivity index (χ1) is 7.34. The molecule has 0 atom stereocenters. The van der Waals surface area contributed by atoms with E-state index in [4.69, 9.17) is 15.8 Å². The van der Waals surface area contributed by atoms with E-state index in [0.717, 1.165) is 12.6 Å². The van der Waals surface area contributed by atoms with Crippen LogP contribution in [-0.4, -0.2) is 29.0 Å². The molecule has 1 aromatic heterocycles. The van der Waals surface area contributed by atoms with Crippen LogP contribution in [0.15, 0.2) is 11.2 Å². The molecule has 0 spiro atoms. The van der Waals surface area contributed by atoms with Crippen LogP contribution in [0.4, 0.5) is 0 Å². The van der Waals surface area contributed by atoms with Gasteiger partial charge in [0.2, 0.25) is 0 Å². The van der Waals surface area contributed by atoms with Crippen molar-refractivity contribution in [1.82, 2.24) is 9.55 Å². The molecule has 0 saturated heterocycles. The van der Waals surface area contributed by atoms with Gasteiger partial charge in [0, 0.05) is 23.3 Å². The highest BCUT2D eigenvalue weighted by atomic mass is 35.7. The lowest BCUT2D eigenvalue weighted by atomic mass is 10.3. The molecule has 90 valence electrons. The van der Waals surface area contributed by atoms with E-state index in [0.29, 0.717) is 12.2 Å². The van der Waals surface area contributed by atoms with E-state index in [-0.39, 0.29) is 11.6 Å². The Balaban J connectivity index is 3.14. The molecular weight excluding hydrogens is 256 g/mol. The number of aliphatic carboxylic acids is 1. The highest BCUT2D eigenvalue weighted by molar-refractivity contribution is 8.13. The Kier molecular flexibility index (Phi) is 3.93. The van der Waals surface area contributed by atoms with Crippen LogP contribution in [0.1, 0.15) is 19.2 Å². The van der Waals surface area contributed by atoms with E-state index in [9.17, 15) is 13.2 Å². The number of imidazole rings is 1. The predicted molar refractivity (Wildman–Crippen MR) is 56.9 cm³/mol. The summed E-state index contributed by atoms with van der Waals surface area (Å²) in [5, 5.41) is 8.33. The number of carboxylic acids is 1. The van der Waals surface area contributed by atoms with Crippen LogP contribution < -0.4 is 0 Å². The summed E-state index contributed by atoms with van der Waals surface area (Å²) in [5.74, 6) is -0.655. The first kappa shape index (κ1) is 13.0. The fraction of sp³-hybridized carbons (Fsp3) is 0.500. The highest BCUT2D eigenvalue weighted by Crippen LogP contribution is 2.15. The molecule has 0 bridgehead atoms. The molecule has 16 heavy (non-hydrogen) atoms. The van der Waals surface area contributed by atoms with Crippen molar-refractivity contribution in [3.05, 3.63) is 12.0 Å². The lowest BCUT2D eigenvalue weighted by Crippen LogP contribution is -2.10. The van der Waals surface area contributed by atoms with Crippen LogP contribution in [0.3, 0.4) is 0 Å². The summed E-state index contributed by atoms with van der Waals surface area (Å²) in [6.45, 7) is 1.56. The maximum atomic E-state index is 11.0. The predicted octanol–water partition coefficient (Wildman–Crippen LogP) is 0.848. The number of hydrogen-bond donors (Lipinski definition) is 1. The first-order valence-corrected chi connectivity index (χ1v) is 6.88. The van der Waals surface area contributed by atoms with Gasteiger partial charge in [-0.15, -0.1) is 0 Å². The smallest absolute Gasteiger partial charge is 0.323 e. The van der Waals surface area contributed by atoms with Gasteiger partial charge in [-0.2, -0.15) is 0 Å². The second-order valence-electron chi connectivity index (χ2n) is 3.20. The molecule has 8 heteroatoms. The average molecular weight is 267 g/mol. The van der Waals surface area contributed by atoms with Crippen LogP contribution in [0, 0.1) is 0 Å². The molecule has 0 aliphatic carbocycles. The Morgan fingerprint density at radius 1 is 1.62 bits per heavy atom. The van der Waals surface area contributed by atoms with Crippen molar-refractivity contribution < 1.29 is 18.3 Å². The second kappa shape index (κ2) is 4.84. The quantitative estimate of drug-likeness (QED) is 0.798. The summed E-state index contributed by atoms with van der Waals surface area (Å²) >= 11 is 0. The number of halogens is 1. The first-order valence-electron chi connectivity index (χ1n) is 4.57. The number of hydrogen-bond acceptors (Lipinski definition) is 4. The van der Waals surface area contributed by atoms with Crippen LogP contribution in [0.2, 0.25) is 0 Å². The van der Waals surface area contributed by atoms with E-state index in [1.165, 1.54) is 4.57 Å². The molecule has 0 amide bonds. The standard InChI is InChI=1S/C8H11ClN2O4S/c1-2-3-6-10-7(16(9,14)15)4-11(6)5-8(12)13/h4H,2-3,5H2,1H3,(H,12,13). The van der Waals surface area contributed by atoms with E-state index in [1.54, 1.807) is 0 Å². The maximum Gasteiger partial charge on any atom is 0.323 e. The Bertz CT molecular complexity index is 494. The molecule has 0 radical (unpaired) electrons. The summed E-state index contributed by atoms with van der Waals surface area (Å²) in [6.07, 6.45) is 2.37. The van der Waals surface area contributed by atoms with Crippen molar-refractivity contribution in [3.63, 3.8) is 0 Å². The number of carboxylic acid groups (broad SMARTS) is 1. The van der Waals surface area contributed by atoms with Crippen molar-refractivity contribution in [2.24, 2.45) is 0 Å². The van der Waals surface area contributed by atoms with Crippen molar-refractivity contribution in [2.75, 3.05) is 0 Å². The monoisotopic (exact) mass is 266 g/mol. The third-order valence-corrected chi connectivity index (χ3v) is 3.04. The number of aryl methyl sites for hydroxylation is 1. The minimum absolute atomic E-state index is 0.307. The summed E-state index contributed by atoms with van der Waals surface area (Å²) in [5.41, 5.74) is 0. The van der Waals surface area contributed by atoms with Crippen molar-refractivity contribution in [3.8, 4) is 0 Å². The van der Waals surface area contributed by atoms with Gasteiger partial charge >= 0.3 is 5.97 Å². The van der Waals surface area contributed by atoms with Gasteiger partial charge < -0.3 is 9.67 Å². The Labute approximate surface area is 97.3 Å². The summed E-state index contributed by atoms with van der Waals surface area (Å²) in [4.78, 5) is 14.4. The molecule has 1 rings (SSSR count). The largest absolute Gasteiger partial charge is 0.480 e. The molecule has 1 aromatic rings. The van der Waals surface area contributed by atoms with Crippen LogP contribution in [0.25, 0.3) is 0 Å². The number of rotatable bonds is 5. The van der Waals surface area contributed by atoms with Gasteiger partial charge in [-0.3, -0.25) is 4.79 Å². The normalized spacial score (nSPS) is 11.6. The van der Waals surface area contributed by atoms with Gasteiger partial charge in [0.25, 0.3) is 9.05 Å². The van der Waals surface area contributed by atoms with Crippen molar-refractivity contribution in [2.45, 2.75) is 31.3 Å². The van der Waals surface area contributed by atoms with E-state index in [2.05, 4.69) is 4.98 Å². The van der Waals surface area contributed by atoms with Crippen LogP contribution in [0.5, 0.6) is 0 Å². The lowest BCUT2D eigenvalue weighted by Gasteiger charge is -2.01. The molecule has 1 N–H and O–H groups in total. The molecule has 0 aliphatic rings. The minimum atomic E-state index is -3.91. The molecule has 0 fully saturated rings. The minimum Gasteiger partial charge on any atom is -0.480 e. The highest BCUT2D eigenvalue weighted by Gasteiger charge is 2.18. The van der Waals surface area contributed by atoms with Gasteiger partial charge in [-0.05, 0) is 6.42 Å². The number of nitrogens with zero attached hydrogens (tertiary/aromatic N) is 2. The molecule has 6 nitrogen and oxygen atoms in total. The van der Waals surface area contributed by atoms with E-state index >= 15 is 0 Å². The van der Waals surface area contributed by atoms with Gasteiger partial charge in [0.15, 0.2) is 5.03 Å². The third kappa shape index (κ3) is 3.21. The van der Waals surface area contributed by atoms with Crippen LogP contribution >= 0.6 is 10.7 Å². The maximum absolute atomic E-state index is 11.0. The van der Waals surface area contributed by atoms with Crippen molar-refractivity contribution in [1.29, 1.82) is 0 Å². The van der Waals surface area contributed by atoms with E-state index < -0.39 is 15.0 Å². The number of aromatic nitrogens is 2. The fourth-order valence-electron chi connectivity index (χ4n) is 1.25. The SMILES string of the molecule is CCCc1nc(S(=O)(=O)Cl)cn1CC(=O)O. The van der Waals surface area contributed by atoms with E-state index in [1.807, 2.05) is 6.92 Å². The van der Waals surface area contributed by atoms with Gasteiger partial charge in [-0.25, -0.2) is 13.4 Å². The average Bonchev–Trinajstić information content (AvgIpc) is 2.47. The molecule has 0 aromatic carbocycles. The fourth-order valence-corrected chi connectivity index (χ4v) is 1.94. The second-order valence-corrected chi connectivity index (χ2v) is 5.72. The summed E-state index contributed by atoms with van der Waals surface area (Å²) in [7, 11) is 1.22. The lowest BCUT2D eigenvalue weighted by molar-refractivity contribution is -0.137. The summed E-state index contributed by atoms with van der Waals surface area (Å²) < 4.78 is 23.3. The zero-order chi connectivity index (χ0) is 12.3. The summed E-state index contributed by atoms with van der Waals surface area (Å²) in [6, 6.07) is 0. The number of carbonyl (C=O) groups is 1. The Hall–Kier alpha value is -1.08. The molecule has 0 saturated carbocycles. The zero-order valence-electron chi connectivity index (χ0n) is 8.55. The third-order valence-electron chi connectivity index (χ3n) is 1.87. The Morgan fingerprint density at radius 2 is 2.25 bits per heavy atom. The topological polar surface area (TPSA) is 89.3 Å². The molecule has 1 heterocycles. The van der Waals surface area contributed by atoms with Crippen molar-refractivity contribution >= 4 is 25.7 Å². The van der Waals surface area contributed by atoms with Gasteiger partial charge in [-0.1, -0.05) is 6.92 Å². The molecular formula is C8H11ClN2O4S.